The van der Waals surface area contributed by atoms with E-state index in [0.29, 0.717) is 34.2 Å². The summed E-state index contributed by atoms with van der Waals surface area (Å²) >= 11 is 0. The van der Waals surface area contributed by atoms with Crippen molar-refractivity contribution in [2.75, 3.05) is 14.2 Å². The SMILES string of the molecule is COc1ccc(OC)c([C@H]2C(C#N)=C(N)Oc3c2c(-c2cc(C)nn2C)nn3-c2ccccc2)c1. The Labute approximate surface area is 202 Å². The van der Waals surface area contributed by atoms with Crippen LogP contribution in [0.3, 0.4) is 0 Å². The average Bonchev–Trinajstić information content (AvgIpc) is 3.41. The quantitative estimate of drug-likeness (QED) is 0.474. The Kier molecular flexibility index (Phi) is 5.41. The first-order valence-electron chi connectivity index (χ1n) is 11.0. The predicted molar refractivity (Wildman–Crippen MR) is 129 cm³/mol. The molecule has 0 saturated heterocycles. The molecular weight excluding hydrogens is 444 g/mol. The summed E-state index contributed by atoms with van der Waals surface area (Å²) in [6.07, 6.45) is 0. The topological polar surface area (TPSA) is 113 Å². The molecule has 5 rings (SSSR count). The van der Waals surface area contributed by atoms with E-state index in [-0.39, 0.29) is 11.5 Å². The molecule has 1 aliphatic rings. The highest BCUT2D eigenvalue weighted by Crippen LogP contribution is 2.50. The fourth-order valence-electron chi connectivity index (χ4n) is 4.48. The average molecular weight is 469 g/mol. The second-order valence-electron chi connectivity index (χ2n) is 8.14. The van der Waals surface area contributed by atoms with E-state index in [9.17, 15) is 5.26 Å². The van der Waals surface area contributed by atoms with Crippen LogP contribution in [0.25, 0.3) is 17.1 Å². The number of para-hydroxylation sites is 1. The zero-order chi connectivity index (χ0) is 24.7. The summed E-state index contributed by atoms with van der Waals surface area (Å²) in [6, 6.07) is 19.3. The third kappa shape index (κ3) is 3.56. The number of aryl methyl sites for hydroxylation is 2. The molecule has 35 heavy (non-hydrogen) atoms. The van der Waals surface area contributed by atoms with Crippen molar-refractivity contribution in [2.45, 2.75) is 12.8 Å². The molecule has 0 spiro atoms. The molecule has 2 aromatic heterocycles. The standard InChI is InChI=1S/C26H24N6O3/c1-15-12-20(31(2)29-15)24-23-22(18-13-17(33-3)10-11-21(18)34-4)19(14-27)25(28)35-26(23)32(30-24)16-8-6-5-7-9-16/h5-13,22H,28H2,1-4H3/t22-/m0/s1. The molecule has 3 heterocycles. The van der Waals surface area contributed by atoms with Crippen LogP contribution >= 0.6 is 0 Å². The molecule has 9 nitrogen and oxygen atoms in total. The Balaban J connectivity index is 1.88. The minimum absolute atomic E-state index is 0.0136. The van der Waals surface area contributed by atoms with Gasteiger partial charge in [0.05, 0.1) is 42.8 Å². The summed E-state index contributed by atoms with van der Waals surface area (Å²) in [4.78, 5) is 0. The molecule has 1 atom stereocenters. The van der Waals surface area contributed by atoms with E-state index in [1.54, 1.807) is 29.6 Å². The number of rotatable bonds is 5. The Morgan fingerprint density at radius 3 is 2.46 bits per heavy atom. The van der Waals surface area contributed by atoms with E-state index >= 15 is 0 Å². The number of hydrogen-bond donors (Lipinski definition) is 1. The maximum atomic E-state index is 10.2. The number of benzene rings is 2. The van der Waals surface area contributed by atoms with Crippen LogP contribution in [0.4, 0.5) is 0 Å². The third-order valence-corrected chi connectivity index (χ3v) is 6.04. The first-order valence-corrected chi connectivity index (χ1v) is 11.0. The van der Waals surface area contributed by atoms with Crippen molar-refractivity contribution in [1.29, 1.82) is 5.26 Å². The minimum Gasteiger partial charge on any atom is -0.497 e. The molecule has 9 heteroatoms. The maximum absolute atomic E-state index is 10.2. The second-order valence-corrected chi connectivity index (χ2v) is 8.14. The van der Waals surface area contributed by atoms with Crippen LogP contribution in [-0.2, 0) is 7.05 Å². The number of ether oxygens (including phenoxy) is 3. The Bertz CT molecular complexity index is 1490. The molecule has 4 aromatic rings. The molecule has 1 aliphatic heterocycles. The number of fused-ring (bicyclic) bond motifs is 1. The molecule has 0 amide bonds. The first kappa shape index (κ1) is 22.1. The predicted octanol–water partition coefficient (Wildman–Crippen LogP) is 3.82. The number of nitriles is 1. The van der Waals surface area contributed by atoms with Gasteiger partial charge in [0, 0.05) is 12.6 Å². The summed E-state index contributed by atoms with van der Waals surface area (Å²) in [5.74, 6) is 1.04. The Morgan fingerprint density at radius 1 is 1.06 bits per heavy atom. The van der Waals surface area contributed by atoms with Gasteiger partial charge in [-0.2, -0.15) is 20.1 Å². The van der Waals surface area contributed by atoms with Crippen LogP contribution < -0.4 is 19.9 Å². The van der Waals surface area contributed by atoms with Crippen molar-refractivity contribution in [3.63, 3.8) is 0 Å². The number of hydrogen-bond acceptors (Lipinski definition) is 7. The van der Waals surface area contributed by atoms with Crippen LogP contribution in [0.1, 0.15) is 22.7 Å². The highest BCUT2D eigenvalue weighted by Gasteiger charge is 2.39. The first-order chi connectivity index (χ1) is 17.0. The highest BCUT2D eigenvalue weighted by atomic mass is 16.5. The van der Waals surface area contributed by atoms with Crippen molar-refractivity contribution >= 4 is 0 Å². The second kappa shape index (κ2) is 8.57. The smallest absolute Gasteiger partial charge is 0.229 e. The van der Waals surface area contributed by atoms with Gasteiger partial charge in [0.25, 0.3) is 0 Å². The van der Waals surface area contributed by atoms with Crippen molar-refractivity contribution in [2.24, 2.45) is 12.8 Å². The zero-order valence-electron chi connectivity index (χ0n) is 19.8. The van der Waals surface area contributed by atoms with Crippen molar-refractivity contribution in [3.8, 4) is 40.5 Å². The molecular formula is C26H24N6O3. The number of aromatic nitrogens is 4. The molecule has 0 unspecified atom stereocenters. The van der Waals surface area contributed by atoms with Crippen molar-refractivity contribution < 1.29 is 14.2 Å². The normalized spacial score (nSPS) is 14.8. The minimum atomic E-state index is -0.614. The van der Waals surface area contributed by atoms with Gasteiger partial charge in [-0.15, -0.1) is 0 Å². The molecule has 176 valence electrons. The van der Waals surface area contributed by atoms with Gasteiger partial charge in [0.1, 0.15) is 28.8 Å². The van der Waals surface area contributed by atoms with Gasteiger partial charge in [-0.1, -0.05) is 18.2 Å². The fraction of sp³-hybridized carbons (Fsp3) is 0.192. The zero-order valence-corrected chi connectivity index (χ0v) is 19.8. The van der Waals surface area contributed by atoms with E-state index in [1.807, 2.05) is 62.5 Å². The van der Waals surface area contributed by atoms with Crippen LogP contribution in [0.2, 0.25) is 0 Å². The van der Waals surface area contributed by atoms with E-state index in [4.69, 9.17) is 25.0 Å². The maximum Gasteiger partial charge on any atom is 0.229 e. The summed E-state index contributed by atoms with van der Waals surface area (Å²) < 4.78 is 20.7. The van der Waals surface area contributed by atoms with Gasteiger partial charge < -0.3 is 19.9 Å². The third-order valence-electron chi connectivity index (χ3n) is 6.04. The van der Waals surface area contributed by atoms with Crippen LogP contribution in [0.15, 0.2) is 66.1 Å². The number of nitrogens with zero attached hydrogens (tertiary/aromatic N) is 5. The van der Waals surface area contributed by atoms with Crippen LogP contribution in [0.5, 0.6) is 17.4 Å². The van der Waals surface area contributed by atoms with Crippen molar-refractivity contribution in [3.05, 3.63) is 82.9 Å². The monoisotopic (exact) mass is 468 g/mol. The molecule has 2 aromatic carbocycles. The largest absolute Gasteiger partial charge is 0.497 e. The van der Waals surface area contributed by atoms with E-state index < -0.39 is 5.92 Å². The van der Waals surface area contributed by atoms with E-state index in [2.05, 4.69) is 11.2 Å². The van der Waals surface area contributed by atoms with Crippen LogP contribution in [-0.4, -0.2) is 33.8 Å². The summed E-state index contributed by atoms with van der Waals surface area (Å²) in [5.41, 5.74) is 11.0. The van der Waals surface area contributed by atoms with Crippen molar-refractivity contribution in [1.82, 2.24) is 19.6 Å². The molecule has 0 saturated carbocycles. The van der Waals surface area contributed by atoms with Gasteiger partial charge in [-0.3, -0.25) is 4.68 Å². The highest BCUT2D eigenvalue weighted by molar-refractivity contribution is 5.71. The lowest BCUT2D eigenvalue weighted by molar-refractivity contribution is 0.363. The van der Waals surface area contributed by atoms with Gasteiger partial charge in [-0.05, 0) is 43.3 Å². The number of methoxy groups -OCH3 is 2. The number of nitrogens with two attached hydrogens (primary N) is 1. The molecule has 0 radical (unpaired) electrons. The van der Waals surface area contributed by atoms with Gasteiger partial charge in [0.2, 0.25) is 11.8 Å². The van der Waals surface area contributed by atoms with E-state index in [0.717, 1.165) is 17.1 Å². The Morgan fingerprint density at radius 2 is 1.83 bits per heavy atom. The van der Waals surface area contributed by atoms with Gasteiger partial charge in [0.15, 0.2) is 0 Å². The lowest BCUT2D eigenvalue weighted by atomic mass is 9.83. The van der Waals surface area contributed by atoms with Crippen LogP contribution in [0, 0.1) is 18.3 Å². The van der Waals surface area contributed by atoms with E-state index in [1.165, 1.54) is 0 Å². The van der Waals surface area contributed by atoms with Gasteiger partial charge >= 0.3 is 0 Å². The lowest BCUT2D eigenvalue weighted by Gasteiger charge is -2.26. The Hall–Kier alpha value is -4.71. The number of allylic oxidation sites excluding steroid dienone is 1. The lowest BCUT2D eigenvalue weighted by Crippen LogP contribution is -2.22. The molecule has 0 aliphatic carbocycles. The molecule has 2 N–H and O–H groups in total. The fourth-order valence-corrected chi connectivity index (χ4v) is 4.48. The molecule has 0 fully saturated rings. The molecule has 0 bridgehead atoms. The summed E-state index contributed by atoms with van der Waals surface area (Å²) in [6.45, 7) is 1.92. The van der Waals surface area contributed by atoms with Gasteiger partial charge in [-0.25, -0.2) is 0 Å². The summed E-state index contributed by atoms with van der Waals surface area (Å²) in [7, 11) is 5.04. The summed E-state index contributed by atoms with van der Waals surface area (Å²) in [5, 5.41) is 19.6.